The SMILES string of the molecule is Cc1ccc(-c2nc(C#N)c(NCCC[NH+](C)C)o2)cc1. The Balaban J connectivity index is 2.09. The maximum absolute atomic E-state index is 9.15. The summed E-state index contributed by atoms with van der Waals surface area (Å²) in [7, 11) is 4.23. The number of rotatable bonds is 6. The van der Waals surface area contributed by atoms with Gasteiger partial charge in [0.1, 0.15) is 6.07 Å². The minimum absolute atomic E-state index is 0.308. The van der Waals surface area contributed by atoms with Gasteiger partial charge in [0.25, 0.3) is 0 Å². The van der Waals surface area contributed by atoms with Gasteiger partial charge in [-0.1, -0.05) is 17.7 Å². The molecule has 1 aromatic carbocycles. The molecule has 0 unspecified atom stereocenters. The van der Waals surface area contributed by atoms with E-state index in [4.69, 9.17) is 9.68 Å². The fourth-order valence-electron chi connectivity index (χ4n) is 1.98. The molecule has 1 aromatic heterocycles. The largest absolute Gasteiger partial charge is 0.419 e. The average molecular weight is 285 g/mol. The Morgan fingerprint density at radius 1 is 1.29 bits per heavy atom. The fourth-order valence-corrected chi connectivity index (χ4v) is 1.98. The highest BCUT2D eigenvalue weighted by Gasteiger charge is 2.14. The Labute approximate surface area is 125 Å². The lowest BCUT2D eigenvalue weighted by molar-refractivity contribution is -0.858. The molecule has 0 saturated heterocycles. The van der Waals surface area contributed by atoms with Crippen molar-refractivity contribution in [2.45, 2.75) is 13.3 Å². The summed E-state index contributed by atoms with van der Waals surface area (Å²) in [4.78, 5) is 5.65. The Kier molecular flexibility index (Phi) is 4.96. The van der Waals surface area contributed by atoms with Gasteiger partial charge in [-0.05, 0) is 19.1 Å². The van der Waals surface area contributed by atoms with Crippen molar-refractivity contribution in [2.75, 3.05) is 32.5 Å². The predicted octanol–water partition coefficient (Wildman–Crippen LogP) is 1.47. The van der Waals surface area contributed by atoms with Crippen LogP contribution in [0.25, 0.3) is 11.5 Å². The van der Waals surface area contributed by atoms with Crippen LogP contribution in [0.3, 0.4) is 0 Å². The normalized spacial score (nSPS) is 10.6. The molecule has 2 aromatic rings. The van der Waals surface area contributed by atoms with Crippen LogP contribution in [0.2, 0.25) is 0 Å². The van der Waals surface area contributed by atoms with Gasteiger partial charge < -0.3 is 14.6 Å². The van der Waals surface area contributed by atoms with Crippen molar-refractivity contribution in [3.05, 3.63) is 35.5 Å². The second kappa shape index (κ2) is 6.91. The maximum atomic E-state index is 9.15. The minimum atomic E-state index is 0.308. The highest BCUT2D eigenvalue weighted by atomic mass is 16.4. The summed E-state index contributed by atoms with van der Waals surface area (Å²) < 4.78 is 5.69. The molecule has 0 aliphatic rings. The number of hydrogen-bond acceptors (Lipinski definition) is 4. The molecule has 5 nitrogen and oxygen atoms in total. The van der Waals surface area contributed by atoms with Crippen molar-refractivity contribution < 1.29 is 9.32 Å². The molecule has 21 heavy (non-hydrogen) atoms. The molecular formula is C16H21N4O+. The number of benzene rings is 1. The van der Waals surface area contributed by atoms with E-state index in [9.17, 15) is 0 Å². The summed E-state index contributed by atoms with van der Waals surface area (Å²) in [6, 6.07) is 9.96. The van der Waals surface area contributed by atoms with Gasteiger partial charge in [-0.2, -0.15) is 10.2 Å². The summed E-state index contributed by atoms with van der Waals surface area (Å²) in [5, 5.41) is 12.3. The molecule has 0 fully saturated rings. The van der Waals surface area contributed by atoms with E-state index < -0.39 is 0 Å². The van der Waals surface area contributed by atoms with Crippen LogP contribution in [-0.2, 0) is 0 Å². The smallest absolute Gasteiger partial charge is 0.232 e. The highest BCUT2D eigenvalue weighted by molar-refractivity contribution is 5.59. The molecule has 0 saturated carbocycles. The number of nitrogens with one attached hydrogen (secondary N) is 2. The molecule has 0 radical (unpaired) electrons. The maximum Gasteiger partial charge on any atom is 0.232 e. The molecule has 0 spiro atoms. The number of nitriles is 1. The lowest BCUT2D eigenvalue weighted by atomic mass is 10.1. The first-order chi connectivity index (χ1) is 10.1. The first-order valence-corrected chi connectivity index (χ1v) is 7.11. The van der Waals surface area contributed by atoms with Gasteiger partial charge in [-0.15, -0.1) is 0 Å². The third-order valence-electron chi connectivity index (χ3n) is 3.17. The molecule has 0 aliphatic carbocycles. The lowest BCUT2D eigenvalue weighted by Crippen LogP contribution is -3.05. The van der Waals surface area contributed by atoms with E-state index in [-0.39, 0.29) is 0 Å². The summed E-state index contributed by atoms with van der Waals surface area (Å²) in [5.74, 6) is 0.939. The molecule has 1 heterocycles. The second-order valence-corrected chi connectivity index (χ2v) is 5.41. The van der Waals surface area contributed by atoms with Crippen LogP contribution in [0.5, 0.6) is 0 Å². The van der Waals surface area contributed by atoms with Crippen LogP contribution < -0.4 is 10.2 Å². The Morgan fingerprint density at radius 3 is 2.62 bits per heavy atom. The first kappa shape index (κ1) is 15.1. The van der Waals surface area contributed by atoms with Gasteiger partial charge in [0.15, 0.2) is 0 Å². The van der Waals surface area contributed by atoms with Crippen molar-refractivity contribution >= 4 is 5.88 Å². The Morgan fingerprint density at radius 2 is 2.00 bits per heavy atom. The van der Waals surface area contributed by atoms with E-state index in [1.54, 1.807) is 0 Å². The molecule has 5 heteroatoms. The first-order valence-electron chi connectivity index (χ1n) is 7.11. The fraction of sp³-hybridized carbons (Fsp3) is 0.375. The van der Waals surface area contributed by atoms with Gasteiger partial charge in [0.2, 0.25) is 17.5 Å². The van der Waals surface area contributed by atoms with E-state index in [0.29, 0.717) is 17.5 Å². The molecule has 0 bridgehead atoms. The monoisotopic (exact) mass is 285 g/mol. The van der Waals surface area contributed by atoms with Gasteiger partial charge in [-0.25, -0.2) is 0 Å². The number of aryl methyl sites for hydroxylation is 1. The summed E-state index contributed by atoms with van der Waals surface area (Å²) in [6.45, 7) is 3.86. The van der Waals surface area contributed by atoms with Crippen molar-refractivity contribution in [1.82, 2.24) is 4.98 Å². The van der Waals surface area contributed by atoms with Crippen LogP contribution in [0.4, 0.5) is 5.88 Å². The number of oxazole rings is 1. The topological polar surface area (TPSA) is 66.3 Å². The van der Waals surface area contributed by atoms with E-state index >= 15 is 0 Å². The number of aromatic nitrogens is 1. The molecule has 110 valence electrons. The van der Waals surface area contributed by atoms with E-state index in [1.165, 1.54) is 10.5 Å². The number of hydrogen-bond donors (Lipinski definition) is 2. The molecule has 2 N–H and O–H groups in total. The van der Waals surface area contributed by atoms with Gasteiger partial charge in [0.05, 0.1) is 20.6 Å². The zero-order chi connectivity index (χ0) is 15.2. The average Bonchev–Trinajstić information content (AvgIpc) is 2.87. The van der Waals surface area contributed by atoms with E-state index in [2.05, 4.69) is 30.5 Å². The summed E-state index contributed by atoms with van der Waals surface area (Å²) in [6.07, 6.45) is 1.01. The molecular weight excluding hydrogens is 264 g/mol. The zero-order valence-corrected chi connectivity index (χ0v) is 12.7. The van der Waals surface area contributed by atoms with Crippen molar-refractivity contribution in [3.8, 4) is 17.5 Å². The Bertz CT molecular complexity index is 623. The Hall–Kier alpha value is -2.32. The van der Waals surface area contributed by atoms with Gasteiger partial charge in [0, 0.05) is 18.5 Å². The lowest BCUT2D eigenvalue weighted by Gasteiger charge is -2.07. The summed E-state index contributed by atoms with van der Waals surface area (Å²) in [5.41, 5.74) is 2.36. The number of nitrogens with zero attached hydrogens (tertiary/aromatic N) is 2. The van der Waals surface area contributed by atoms with Crippen LogP contribution in [0, 0.1) is 18.3 Å². The number of quaternary nitrogens is 1. The van der Waals surface area contributed by atoms with E-state index in [0.717, 1.165) is 25.1 Å². The van der Waals surface area contributed by atoms with Crippen LogP contribution in [-0.4, -0.2) is 32.2 Å². The zero-order valence-electron chi connectivity index (χ0n) is 12.7. The third kappa shape index (κ3) is 4.07. The van der Waals surface area contributed by atoms with E-state index in [1.807, 2.05) is 31.2 Å². The third-order valence-corrected chi connectivity index (χ3v) is 3.17. The van der Waals surface area contributed by atoms with Crippen molar-refractivity contribution in [1.29, 1.82) is 5.26 Å². The summed E-state index contributed by atoms with van der Waals surface area (Å²) >= 11 is 0. The van der Waals surface area contributed by atoms with Crippen LogP contribution >= 0.6 is 0 Å². The number of anilines is 1. The van der Waals surface area contributed by atoms with Crippen molar-refractivity contribution in [3.63, 3.8) is 0 Å². The molecule has 2 rings (SSSR count). The van der Waals surface area contributed by atoms with Crippen LogP contribution in [0.15, 0.2) is 28.7 Å². The highest BCUT2D eigenvalue weighted by Crippen LogP contribution is 2.25. The quantitative estimate of drug-likeness (QED) is 0.789. The van der Waals surface area contributed by atoms with Crippen LogP contribution in [0.1, 0.15) is 17.7 Å². The predicted molar refractivity (Wildman–Crippen MR) is 82.2 cm³/mol. The van der Waals surface area contributed by atoms with Gasteiger partial charge >= 0.3 is 0 Å². The minimum Gasteiger partial charge on any atom is -0.419 e. The molecule has 0 aliphatic heterocycles. The second-order valence-electron chi connectivity index (χ2n) is 5.41. The standard InChI is InChI=1S/C16H20N4O/c1-12-5-7-13(8-6-12)15-19-14(11-17)16(21-15)18-9-4-10-20(2)3/h5-8,18H,4,9-10H2,1-3H3/p+1. The van der Waals surface area contributed by atoms with Gasteiger partial charge in [-0.3, -0.25) is 0 Å². The molecule has 0 atom stereocenters. The molecule has 0 amide bonds. The van der Waals surface area contributed by atoms with Crippen molar-refractivity contribution in [2.24, 2.45) is 0 Å².